The van der Waals surface area contributed by atoms with E-state index in [1.807, 2.05) is 0 Å². The van der Waals surface area contributed by atoms with Crippen LogP contribution in [-0.2, 0) is 0 Å². The van der Waals surface area contributed by atoms with Crippen molar-refractivity contribution in [1.82, 2.24) is 5.32 Å². The molecule has 0 atom stereocenters. The summed E-state index contributed by atoms with van der Waals surface area (Å²) >= 11 is 8.99. The Morgan fingerprint density at radius 1 is 1.57 bits per heavy atom. The largest absolute Gasteiger partial charge is 0.395 e. The van der Waals surface area contributed by atoms with Crippen LogP contribution in [0.15, 0.2) is 22.7 Å². The maximum absolute atomic E-state index is 11.5. The Hall–Kier alpha value is -0.580. The first kappa shape index (κ1) is 11.5. The second-order valence-electron chi connectivity index (χ2n) is 2.60. The number of nitrogens with one attached hydrogen (secondary N) is 1. The summed E-state index contributed by atoms with van der Waals surface area (Å²) in [6.45, 7) is 0.154. The number of carbonyl (C=O) groups is 1. The van der Waals surface area contributed by atoms with E-state index in [0.29, 0.717) is 15.1 Å². The molecular formula is C9H9BrClNO2. The van der Waals surface area contributed by atoms with Crippen LogP contribution in [0, 0.1) is 0 Å². The van der Waals surface area contributed by atoms with Gasteiger partial charge in [0.25, 0.3) is 5.91 Å². The molecule has 0 spiro atoms. The number of aliphatic hydroxyl groups is 1. The maximum atomic E-state index is 11.5. The van der Waals surface area contributed by atoms with E-state index < -0.39 is 0 Å². The predicted octanol–water partition coefficient (Wildman–Crippen LogP) is 1.82. The molecule has 0 aromatic heterocycles. The molecule has 1 rings (SSSR count). The van der Waals surface area contributed by atoms with Crippen molar-refractivity contribution in [1.29, 1.82) is 0 Å². The second-order valence-corrected chi connectivity index (χ2v) is 3.89. The standard InChI is InChI=1S/C9H9BrClNO2/c10-8-2-1-6(11)5-7(8)9(14)12-3-4-13/h1-2,5,13H,3-4H2,(H,12,14). The molecule has 0 heterocycles. The van der Waals surface area contributed by atoms with E-state index >= 15 is 0 Å². The van der Waals surface area contributed by atoms with Crippen molar-refractivity contribution in [3.05, 3.63) is 33.3 Å². The molecule has 0 fully saturated rings. The zero-order valence-electron chi connectivity index (χ0n) is 7.26. The molecule has 14 heavy (non-hydrogen) atoms. The van der Waals surface area contributed by atoms with Crippen molar-refractivity contribution in [2.45, 2.75) is 0 Å². The van der Waals surface area contributed by atoms with Crippen molar-refractivity contribution >= 4 is 33.4 Å². The highest BCUT2D eigenvalue weighted by molar-refractivity contribution is 9.10. The first-order valence-corrected chi connectivity index (χ1v) is 5.16. The summed E-state index contributed by atoms with van der Waals surface area (Å²) in [6.07, 6.45) is 0. The summed E-state index contributed by atoms with van der Waals surface area (Å²) in [5, 5.41) is 11.6. The van der Waals surface area contributed by atoms with Crippen molar-refractivity contribution in [2.24, 2.45) is 0 Å². The van der Waals surface area contributed by atoms with E-state index in [-0.39, 0.29) is 19.1 Å². The zero-order valence-corrected chi connectivity index (χ0v) is 9.60. The molecule has 0 radical (unpaired) electrons. The number of halogens is 2. The van der Waals surface area contributed by atoms with Crippen molar-refractivity contribution in [3.8, 4) is 0 Å². The van der Waals surface area contributed by atoms with Gasteiger partial charge in [0.05, 0.1) is 12.2 Å². The molecule has 0 saturated carbocycles. The molecule has 0 saturated heterocycles. The second kappa shape index (κ2) is 5.34. The van der Waals surface area contributed by atoms with Crippen LogP contribution in [0.25, 0.3) is 0 Å². The van der Waals surface area contributed by atoms with Gasteiger partial charge in [-0.1, -0.05) is 11.6 Å². The Morgan fingerprint density at radius 2 is 2.29 bits per heavy atom. The van der Waals surface area contributed by atoms with Gasteiger partial charge in [-0.05, 0) is 34.1 Å². The van der Waals surface area contributed by atoms with Crippen LogP contribution in [0.1, 0.15) is 10.4 Å². The van der Waals surface area contributed by atoms with Crippen LogP contribution >= 0.6 is 27.5 Å². The van der Waals surface area contributed by atoms with E-state index in [1.165, 1.54) is 0 Å². The molecule has 1 aromatic carbocycles. The van der Waals surface area contributed by atoms with Gasteiger partial charge in [0.15, 0.2) is 0 Å². The van der Waals surface area contributed by atoms with Gasteiger partial charge < -0.3 is 10.4 Å². The van der Waals surface area contributed by atoms with Crippen molar-refractivity contribution in [3.63, 3.8) is 0 Å². The number of hydrogen-bond donors (Lipinski definition) is 2. The summed E-state index contributed by atoms with van der Waals surface area (Å²) in [5.41, 5.74) is 0.464. The fourth-order valence-corrected chi connectivity index (χ4v) is 1.53. The minimum atomic E-state index is -0.256. The monoisotopic (exact) mass is 277 g/mol. The van der Waals surface area contributed by atoms with Gasteiger partial charge >= 0.3 is 0 Å². The Kier molecular flexibility index (Phi) is 4.38. The van der Waals surface area contributed by atoms with Crippen LogP contribution in [0.4, 0.5) is 0 Å². The fourth-order valence-electron chi connectivity index (χ4n) is 0.936. The smallest absolute Gasteiger partial charge is 0.252 e. The zero-order chi connectivity index (χ0) is 10.6. The van der Waals surface area contributed by atoms with E-state index in [2.05, 4.69) is 21.2 Å². The minimum absolute atomic E-state index is 0.0794. The third-order valence-electron chi connectivity index (χ3n) is 1.57. The molecule has 76 valence electrons. The lowest BCUT2D eigenvalue weighted by atomic mass is 10.2. The van der Waals surface area contributed by atoms with Gasteiger partial charge in [-0.3, -0.25) is 4.79 Å². The molecule has 0 unspecified atom stereocenters. The molecule has 0 aliphatic carbocycles. The molecule has 0 bridgehead atoms. The topological polar surface area (TPSA) is 49.3 Å². The van der Waals surface area contributed by atoms with E-state index in [4.69, 9.17) is 16.7 Å². The Balaban J connectivity index is 2.83. The fraction of sp³-hybridized carbons (Fsp3) is 0.222. The quantitative estimate of drug-likeness (QED) is 0.886. The van der Waals surface area contributed by atoms with Gasteiger partial charge in [0.1, 0.15) is 0 Å². The van der Waals surface area contributed by atoms with Crippen LogP contribution < -0.4 is 5.32 Å². The molecule has 5 heteroatoms. The normalized spacial score (nSPS) is 9.93. The third-order valence-corrected chi connectivity index (χ3v) is 2.50. The van der Waals surface area contributed by atoms with Gasteiger partial charge in [0.2, 0.25) is 0 Å². The van der Waals surface area contributed by atoms with Gasteiger partial charge in [-0.15, -0.1) is 0 Å². The minimum Gasteiger partial charge on any atom is -0.395 e. The molecule has 1 aromatic rings. The maximum Gasteiger partial charge on any atom is 0.252 e. The number of amides is 1. The average molecular weight is 279 g/mol. The number of aliphatic hydroxyl groups excluding tert-OH is 1. The van der Waals surface area contributed by atoms with E-state index in [9.17, 15) is 4.79 Å². The molecule has 1 amide bonds. The first-order chi connectivity index (χ1) is 6.65. The van der Waals surface area contributed by atoms with E-state index in [0.717, 1.165) is 0 Å². The summed E-state index contributed by atoms with van der Waals surface area (Å²) < 4.78 is 0.678. The van der Waals surface area contributed by atoms with Gasteiger partial charge in [-0.25, -0.2) is 0 Å². The highest BCUT2D eigenvalue weighted by Gasteiger charge is 2.09. The Labute approximate surface area is 95.2 Å². The summed E-state index contributed by atoms with van der Waals surface area (Å²) in [6, 6.07) is 4.96. The average Bonchev–Trinajstić information content (AvgIpc) is 2.18. The number of hydrogen-bond acceptors (Lipinski definition) is 2. The predicted molar refractivity (Wildman–Crippen MR) is 58.6 cm³/mol. The lowest BCUT2D eigenvalue weighted by molar-refractivity contribution is 0.0944. The number of benzene rings is 1. The molecular weight excluding hydrogens is 269 g/mol. The summed E-state index contributed by atoms with van der Waals surface area (Å²) in [4.78, 5) is 11.5. The first-order valence-electron chi connectivity index (χ1n) is 3.99. The highest BCUT2D eigenvalue weighted by atomic mass is 79.9. The Bertz CT molecular complexity index is 344. The Morgan fingerprint density at radius 3 is 2.93 bits per heavy atom. The number of carbonyl (C=O) groups excluding carboxylic acids is 1. The molecule has 2 N–H and O–H groups in total. The van der Waals surface area contributed by atoms with Crippen LogP contribution in [0.5, 0.6) is 0 Å². The highest BCUT2D eigenvalue weighted by Crippen LogP contribution is 2.20. The summed E-state index contributed by atoms with van der Waals surface area (Å²) in [7, 11) is 0. The van der Waals surface area contributed by atoms with Gasteiger partial charge in [0, 0.05) is 16.0 Å². The molecule has 0 aliphatic rings. The molecule has 3 nitrogen and oxygen atoms in total. The third kappa shape index (κ3) is 2.97. The van der Waals surface area contributed by atoms with Crippen LogP contribution in [0.2, 0.25) is 5.02 Å². The summed E-state index contributed by atoms with van der Waals surface area (Å²) in [5.74, 6) is -0.256. The molecule has 0 aliphatic heterocycles. The van der Waals surface area contributed by atoms with E-state index in [1.54, 1.807) is 18.2 Å². The van der Waals surface area contributed by atoms with Crippen LogP contribution in [0.3, 0.4) is 0 Å². The SMILES string of the molecule is O=C(NCCO)c1cc(Cl)ccc1Br. The van der Waals surface area contributed by atoms with Crippen molar-refractivity contribution in [2.75, 3.05) is 13.2 Å². The van der Waals surface area contributed by atoms with Crippen molar-refractivity contribution < 1.29 is 9.90 Å². The lowest BCUT2D eigenvalue weighted by Gasteiger charge is -2.05. The number of rotatable bonds is 3. The van der Waals surface area contributed by atoms with Gasteiger partial charge in [-0.2, -0.15) is 0 Å². The lowest BCUT2D eigenvalue weighted by Crippen LogP contribution is -2.26. The van der Waals surface area contributed by atoms with Crippen LogP contribution in [-0.4, -0.2) is 24.2 Å².